The molecule has 0 N–H and O–H groups in total. The molecule has 75 valence electrons. The van der Waals surface area contributed by atoms with Gasteiger partial charge in [-0.1, -0.05) is 17.7 Å². The molecule has 0 saturated carbocycles. The van der Waals surface area contributed by atoms with Crippen molar-refractivity contribution in [2.75, 3.05) is 7.11 Å². The van der Waals surface area contributed by atoms with E-state index in [9.17, 15) is 0 Å². The van der Waals surface area contributed by atoms with Crippen LogP contribution >= 0.6 is 11.6 Å². The van der Waals surface area contributed by atoms with Crippen molar-refractivity contribution >= 4 is 11.6 Å². The van der Waals surface area contributed by atoms with Crippen molar-refractivity contribution in [2.24, 2.45) is 0 Å². The Morgan fingerprint density at radius 1 is 1.27 bits per heavy atom. The van der Waals surface area contributed by atoms with Gasteiger partial charge in [0.1, 0.15) is 11.3 Å². The fourth-order valence-corrected chi connectivity index (χ4v) is 1.32. The fraction of sp³-hybridized carbons (Fsp3) is 0.0909. The van der Waals surface area contributed by atoms with Crippen LogP contribution in [0.5, 0.6) is 5.88 Å². The molecule has 2 aromatic rings. The fourth-order valence-electron chi connectivity index (χ4n) is 1.16. The zero-order valence-corrected chi connectivity index (χ0v) is 8.82. The van der Waals surface area contributed by atoms with Gasteiger partial charge in [-0.15, -0.1) is 0 Å². The highest BCUT2D eigenvalue weighted by Crippen LogP contribution is 2.19. The SMILES string of the molecule is COc1ccc(-c2cccc(Cl)n2)[c]n1. The second-order valence-electron chi connectivity index (χ2n) is 2.86. The van der Waals surface area contributed by atoms with Gasteiger partial charge >= 0.3 is 0 Å². The number of methoxy groups -OCH3 is 1. The molecule has 0 aliphatic heterocycles. The van der Waals surface area contributed by atoms with Crippen molar-refractivity contribution in [3.8, 4) is 17.1 Å². The standard InChI is InChI=1S/C11H8ClN2O/c1-15-11-6-5-8(7-13-11)9-3-2-4-10(12)14-9/h2-6H,1H3. The van der Waals surface area contributed by atoms with E-state index in [0.717, 1.165) is 11.3 Å². The first-order chi connectivity index (χ1) is 7.29. The summed E-state index contributed by atoms with van der Waals surface area (Å²) < 4.78 is 4.94. The Morgan fingerprint density at radius 3 is 2.73 bits per heavy atom. The number of aromatic nitrogens is 2. The molecule has 4 heteroatoms. The smallest absolute Gasteiger partial charge is 0.213 e. The van der Waals surface area contributed by atoms with Crippen LogP contribution in [0, 0.1) is 6.20 Å². The zero-order valence-electron chi connectivity index (χ0n) is 8.07. The molecule has 0 bridgehead atoms. The summed E-state index contributed by atoms with van der Waals surface area (Å²) in [5.41, 5.74) is 1.54. The average Bonchev–Trinajstić information content (AvgIpc) is 2.29. The third kappa shape index (κ3) is 2.25. The first kappa shape index (κ1) is 9.93. The summed E-state index contributed by atoms with van der Waals surface area (Å²) in [6, 6.07) is 9.01. The highest BCUT2D eigenvalue weighted by atomic mass is 35.5. The predicted molar refractivity (Wildman–Crippen MR) is 57.9 cm³/mol. The first-order valence-electron chi connectivity index (χ1n) is 4.35. The third-order valence-electron chi connectivity index (χ3n) is 1.88. The van der Waals surface area contributed by atoms with Crippen LogP contribution in [-0.2, 0) is 0 Å². The van der Waals surface area contributed by atoms with Crippen LogP contribution in [0.1, 0.15) is 0 Å². The van der Waals surface area contributed by atoms with Crippen molar-refractivity contribution in [1.29, 1.82) is 0 Å². The van der Waals surface area contributed by atoms with E-state index in [4.69, 9.17) is 16.3 Å². The quantitative estimate of drug-likeness (QED) is 0.729. The molecule has 0 saturated heterocycles. The van der Waals surface area contributed by atoms with Gasteiger partial charge in [-0.3, -0.25) is 0 Å². The van der Waals surface area contributed by atoms with Gasteiger partial charge in [0.25, 0.3) is 0 Å². The van der Waals surface area contributed by atoms with Crippen LogP contribution in [0.25, 0.3) is 11.3 Å². The first-order valence-corrected chi connectivity index (χ1v) is 4.73. The maximum absolute atomic E-state index is 5.78. The van der Waals surface area contributed by atoms with Gasteiger partial charge in [0, 0.05) is 11.6 Å². The maximum atomic E-state index is 5.78. The molecule has 0 unspecified atom stereocenters. The summed E-state index contributed by atoms with van der Waals surface area (Å²) in [4.78, 5) is 8.13. The molecule has 0 spiro atoms. The van der Waals surface area contributed by atoms with E-state index < -0.39 is 0 Å². The number of rotatable bonds is 2. The van der Waals surface area contributed by atoms with Crippen LogP contribution in [0.4, 0.5) is 0 Å². The number of halogens is 1. The molecule has 1 radical (unpaired) electrons. The number of hydrogen-bond donors (Lipinski definition) is 0. The molecule has 2 heterocycles. The van der Waals surface area contributed by atoms with Crippen molar-refractivity contribution in [2.45, 2.75) is 0 Å². The summed E-state index contributed by atoms with van der Waals surface area (Å²) in [6.45, 7) is 0. The topological polar surface area (TPSA) is 35.0 Å². The van der Waals surface area contributed by atoms with E-state index in [2.05, 4.69) is 16.2 Å². The highest BCUT2D eigenvalue weighted by Gasteiger charge is 2.01. The lowest BCUT2D eigenvalue weighted by molar-refractivity contribution is 0.397. The predicted octanol–water partition coefficient (Wildman–Crippen LogP) is 2.61. The van der Waals surface area contributed by atoms with Gasteiger partial charge in [0.2, 0.25) is 5.88 Å². The van der Waals surface area contributed by atoms with Gasteiger partial charge in [-0.2, -0.15) is 0 Å². The summed E-state index contributed by atoms with van der Waals surface area (Å²) in [5.74, 6) is 0.528. The monoisotopic (exact) mass is 219 g/mol. The summed E-state index contributed by atoms with van der Waals surface area (Å²) >= 11 is 5.78. The highest BCUT2D eigenvalue weighted by molar-refractivity contribution is 6.29. The van der Waals surface area contributed by atoms with E-state index in [0.29, 0.717) is 11.0 Å². The Hall–Kier alpha value is -1.61. The molecule has 0 atom stereocenters. The largest absolute Gasteiger partial charge is 0.481 e. The number of hydrogen-bond acceptors (Lipinski definition) is 3. The molecular weight excluding hydrogens is 212 g/mol. The number of nitrogens with zero attached hydrogens (tertiary/aromatic N) is 2. The molecule has 0 aliphatic rings. The molecule has 0 aliphatic carbocycles. The van der Waals surface area contributed by atoms with Gasteiger partial charge in [0.15, 0.2) is 0 Å². The Balaban J connectivity index is 2.37. The van der Waals surface area contributed by atoms with Gasteiger partial charge < -0.3 is 4.74 Å². The Labute approximate surface area is 92.7 Å². The minimum atomic E-state index is 0.455. The van der Waals surface area contributed by atoms with Crippen molar-refractivity contribution in [1.82, 2.24) is 9.97 Å². The molecule has 2 rings (SSSR count). The lowest BCUT2D eigenvalue weighted by Gasteiger charge is -2.01. The van der Waals surface area contributed by atoms with Crippen LogP contribution in [0.3, 0.4) is 0 Å². The minimum absolute atomic E-state index is 0.455. The van der Waals surface area contributed by atoms with Gasteiger partial charge in [0.05, 0.1) is 12.8 Å². The second-order valence-corrected chi connectivity index (χ2v) is 3.25. The van der Waals surface area contributed by atoms with Crippen LogP contribution in [0.15, 0.2) is 30.3 Å². The lowest BCUT2D eigenvalue weighted by atomic mass is 10.2. The maximum Gasteiger partial charge on any atom is 0.213 e. The van der Waals surface area contributed by atoms with Gasteiger partial charge in [-0.25, -0.2) is 9.97 Å². The lowest BCUT2D eigenvalue weighted by Crippen LogP contribution is -1.89. The molecule has 3 nitrogen and oxygen atoms in total. The molecule has 15 heavy (non-hydrogen) atoms. The van der Waals surface area contributed by atoms with Crippen molar-refractivity contribution < 1.29 is 4.74 Å². The molecule has 0 amide bonds. The molecule has 0 aromatic carbocycles. The van der Waals surface area contributed by atoms with Crippen molar-refractivity contribution in [3.63, 3.8) is 0 Å². The number of pyridine rings is 2. The van der Waals surface area contributed by atoms with E-state index in [1.807, 2.05) is 18.2 Å². The normalized spacial score (nSPS) is 10.0. The average molecular weight is 220 g/mol. The van der Waals surface area contributed by atoms with Crippen LogP contribution in [0.2, 0.25) is 5.15 Å². The third-order valence-corrected chi connectivity index (χ3v) is 2.09. The Bertz CT molecular complexity index is 456. The van der Waals surface area contributed by atoms with E-state index in [-0.39, 0.29) is 0 Å². The molecule has 0 fully saturated rings. The van der Waals surface area contributed by atoms with E-state index in [1.165, 1.54) is 0 Å². The Kier molecular flexibility index (Phi) is 2.83. The van der Waals surface area contributed by atoms with Gasteiger partial charge in [-0.05, 0) is 18.2 Å². The van der Waals surface area contributed by atoms with Crippen LogP contribution < -0.4 is 4.74 Å². The van der Waals surface area contributed by atoms with E-state index in [1.54, 1.807) is 19.2 Å². The molecular formula is C11H8ClN2O. The van der Waals surface area contributed by atoms with Crippen LogP contribution in [-0.4, -0.2) is 17.1 Å². The summed E-state index contributed by atoms with van der Waals surface area (Å²) in [5, 5.41) is 0.455. The summed E-state index contributed by atoms with van der Waals surface area (Å²) in [7, 11) is 1.56. The van der Waals surface area contributed by atoms with E-state index >= 15 is 0 Å². The minimum Gasteiger partial charge on any atom is -0.481 e. The Morgan fingerprint density at radius 2 is 2.13 bits per heavy atom. The number of ether oxygens (including phenoxy) is 1. The summed E-state index contributed by atoms with van der Waals surface area (Å²) in [6.07, 6.45) is 2.84. The second kappa shape index (κ2) is 4.28. The molecule has 2 aromatic heterocycles. The zero-order chi connectivity index (χ0) is 10.7. The van der Waals surface area contributed by atoms with Crippen molar-refractivity contribution in [3.05, 3.63) is 41.7 Å².